The zero-order chi connectivity index (χ0) is 41.4. The highest BCUT2D eigenvalue weighted by Crippen LogP contribution is 2.41. The number of sulfone groups is 1. The molecule has 0 saturated carbocycles. The number of carboxylic acid groups (broad SMARTS) is 1. The molecule has 1 saturated heterocycles. The zero-order valence-electron chi connectivity index (χ0n) is 31.3. The number of nitrogens with one attached hydrogen (secondary N) is 2. The maximum Gasteiger partial charge on any atom is 0.490 e. The normalized spacial score (nSPS) is 14.7. The number of nitrogen functional groups attached to an aromatic ring is 1. The van der Waals surface area contributed by atoms with Crippen LogP contribution in [-0.4, -0.2) is 79.7 Å². The van der Waals surface area contributed by atoms with E-state index in [4.69, 9.17) is 29.8 Å². The summed E-state index contributed by atoms with van der Waals surface area (Å²) in [7, 11) is -2.44. The molecule has 0 spiro atoms. The van der Waals surface area contributed by atoms with Crippen molar-refractivity contribution in [3.63, 3.8) is 0 Å². The molecule has 5 N–H and O–H groups in total. The van der Waals surface area contributed by atoms with Gasteiger partial charge in [-0.1, -0.05) is 13.0 Å². The van der Waals surface area contributed by atoms with E-state index in [-0.39, 0.29) is 22.7 Å². The molecule has 4 aromatic rings. The number of ether oxygens (including phenoxy) is 3. The second-order valence-corrected chi connectivity index (χ2v) is 15.0. The Bertz CT molecular complexity index is 2170. The number of carbonyl (C=O) groups is 3. The van der Waals surface area contributed by atoms with Crippen LogP contribution in [0.25, 0.3) is 10.8 Å². The van der Waals surface area contributed by atoms with Gasteiger partial charge in [0.05, 0.1) is 36.5 Å². The van der Waals surface area contributed by atoms with Crippen molar-refractivity contribution in [3.05, 3.63) is 78.0 Å². The van der Waals surface area contributed by atoms with Crippen LogP contribution in [0.3, 0.4) is 0 Å². The number of aromatic nitrogens is 1. The van der Waals surface area contributed by atoms with Crippen molar-refractivity contribution in [2.24, 2.45) is 0 Å². The van der Waals surface area contributed by atoms with Crippen LogP contribution in [0, 0.1) is 0 Å². The monoisotopic (exact) mass is 803 g/mol. The molecule has 14 nitrogen and oxygen atoms in total. The second kappa shape index (κ2) is 18.2. The summed E-state index contributed by atoms with van der Waals surface area (Å²) in [5.74, 6) is -1.68. The minimum absolute atomic E-state index is 0.0940. The zero-order valence-corrected chi connectivity index (χ0v) is 32.2. The summed E-state index contributed by atoms with van der Waals surface area (Å²) >= 11 is 0. The van der Waals surface area contributed by atoms with Gasteiger partial charge >= 0.3 is 18.2 Å². The van der Waals surface area contributed by atoms with Gasteiger partial charge in [0.2, 0.25) is 5.91 Å². The van der Waals surface area contributed by atoms with E-state index in [2.05, 4.69) is 15.6 Å². The highest BCUT2D eigenvalue weighted by molar-refractivity contribution is 7.91. The average molecular weight is 804 g/mol. The number of carboxylic acids is 1. The first-order valence-corrected chi connectivity index (χ1v) is 19.2. The van der Waals surface area contributed by atoms with E-state index in [1.807, 2.05) is 51.1 Å². The summed E-state index contributed by atoms with van der Waals surface area (Å²) in [6, 6.07) is 16.0. The van der Waals surface area contributed by atoms with Gasteiger partial charge in [-0.2, -0.15) is 13.2 Å². The maximum atomic E-state index is 14.8. The molecule has 5 rings (SSSR count). The summed E-state index contributed by atoms with van der Waals surface area (Å²) in [5, 5.41) is 14.8. The van der Waals surface area contributed by atoms with Gasteiger partial charge in [-0.25, -0.2) is 23.0 Å². The molecule has 0 bridgehead atoms. The van der Waals surface area contributed by atoms with Crippen LogP contribution in [0.5, 0.6) is 11.5 Å². The highest BCUT2D eigenvalue weighted by Gasteiger charge is 2.39. The number of hydrogen-bond acceptors (Lipinski definition) is 11. The van der Waals surface area contributed by atoms with Gasteiger partial charge in [0.1, 0.15) is 11.9 Å². The Morgan fingerprint density at radius 3 is 2.34 bits per heavy atom. The molecule has 302 valence electrons. The van der Waals surface area contributed by atoms with Crippen LogP contribution in [0.2, 0.25) is 0 Å². The lowest BCUT2D eigenvalue weighted by Gasteiger charge is -2.31. The summed E-state index contributed by atoms with van der Waals surface area (Å²) in [4.78, 5) is 41.8. The van der Waals surface area contributed by atoms with E-state index in [0.717, 1.165) is 10.8 Å². The topological polar surface area (TPSA) is 199 Å². The summed E-state index contributed by atoms with van der Waals surface area (Å²) < 4.78 is 75.1. The van der Waals surface area contributed by atoms with Crippen LogP contribution in [0.1, 0.15) is 63.7 Å². The van der Waals surface area contributed by atoms with Gasteiger partial charge in [0.25, 0.3) is 0 Å². The van der Waals surface area contributed by atoms with Crippen LogP contribution < -0.4 is 25.8 Å². The Labute approximate surface area is 322 Å². The van der Waals surface area contributed by atoms with Crippen molar-refractivity contribution in [1.82, 2.24) is 9.88 Å². The lowest BCUT2D eigenvalue weighted by atomic mass is 10.00. The molecule has 2 heterocycles. The Balaban J connectivity index is 0.000000908. The highest BCUT2D eigenvalue weighted by atomic mass is 32.2. The van der Waals surface area contributed by atoms with E-state index < -0.39 is 40.2 Å². The number of nitrogens with two attached hydrogens (primary N) is 1. The fraction of sp³-hybridized carbons (Fsp3) is 0.368. The number of alkyl halides is 3. The van der Waals surface area contributed by atoms with Gasteiger partial charge in [-0.3, -0.25) is 10.1 Å². The second-order valence-electron chi connectivity index (χ2n) is 12.8. The first-order chi connectivity index (χ1) is 26.4. The maximum absolute atomic E-state index is 14.8. The number of pyridine rings is 1. The fourth-order valence-corrected chi connectivity index (χ4v) is 7.22. The van der Waals surface area contributed by atoms with Crippen molar-refractivity contribution in [1.29, 1.82) is 0 Å². The van der Waals surface area contributed by atoms with Crippen molar-refractivity contribution in [3.8, 4) is 11.5 Å². The molecule has 0 unspecified atom stereocenters. The number of amides is 2. The number of halogens is 3. The van der Waals surface area contributed by atoms with Gasteiger partial charge in [0, 0.05) is 29.5 Å². The molecule has 0 aliphatic carbocycles. The molecule has 1 aliphatic heterocycles. The molecule has 18 heteroatoms. The predicted molar refractivity (Wildman–Crippen MR) is 203 cm³/mol. The number of anilines is 3. The first kappa shape index (κ1) is 43.0. The number of fused-ring (bicyclic) bond motifs is 1. The predicted octanol–water partition coefficient (Wildman–Crippen LogP) is 7.13. The number of aliphatic carboxylic acids is 1. The van der Waals surface area contributed by atoms with Gasteiger partial charge < -0.3 is 35.3 Å². The van der Waals surface area contributed by atoms with E-state index in [9.17, 15) is 31.2 Å². The lowest BCUT2D eigenvalue weighted by Crippen LogP contribution is -2.38. The van der Waals surface area contributed by atoms with Crippen LogP contribution in [0.15, 0.2) is 71.8 Å². The molecule has 56 heavy (non-hydrogen) atoms. The largest absolute Gasteiger partial charge is 0.490 e. The average Bonchev–Trinajstić information content (AvgIpc) is 3.64. The Morgan fingerprint density at radius 1 is 1.02 bits per heavy atom. The number of hydrogen-bond donors (Lipinski definition) is 4. The number of rotatable bonds is 12. The molecule has 0 radical (unpaired) electrons. The Morgan fingerprint density at radius 2 is 1.71 bits per heavy atom. The molecule has 1 fully saturated rings. The number of carbonyl (C=O) groups excluding carboxylic acids is 2. The smallest absolute Gasteiger partial charge is 0.490 e. The quantitative estimate of drug-likeness (QED) is 0.113. The van der Waals surface area contributed by atoms with E-state index >= 15 is 0 Å². The Kier molecular flexibility index (Phi) is 14.0. The first-order valence-electron chi connectivity index (χ1n) is 17.6. The third-order valence-corrected chi connectivity index (χ3v) is 10.4. The van der Waals surface area contributed by atoms with Gasteiger partial charge in [-0.15, -0.1) is 0 Å². The minimum Gasteiger partial charge on any atom is -0.490 e. The third-order valence-electron chi connectivity index (χ3n) is 8.61. The summed E-state index contributed by atoms with van der Waals surface area (Å²) in [6.45, 7) is 8.10. The molecule has 1 aromatic heterocycles. The molecular weight excluding hydrogens is 760 g/mol. The number of nitrogens with zero attached hydrogens (tertiary/aromatic N) is 2. The number of methoxy groups -OCH3 is 1. The standard InChI is InChI=1S/C36H43N5O7S.C2HF3O2/c1-6-47-31-20-24(10-14-30(31)48-22(3)4)33(39-25-11-13-27-23(19-25)16-17-38-34(27)37)35(42)41-18-8-9-29(41)28-21-26(40-36(43)46-5)12-15-32(28)49(44,45)7-2;3-2(4,5)1(6)7/h10-17,19-22,29,33,39H,6-9,18H2,1-5H3,(H2,37,38)(H,40,43);(H,6,7)/t29-,33+;/m0./s1. The summed E-state index contributed by atoms with van der Waals surface area (Å²) in [5.41, 5.74) is 8.20. The van der Waals surface area contributed by atoms with Gasteiger partial charge in [-0.05, 0) is 105 Å². The van der Waals surface area contributed by atoms with Crippen LogP contribution in [0.4, 0.5) is 35.2 Å². The SMILES string of the molecule is CCOc1cc([C@@H](Nc2ccc3c(N)nccc3c2)C(=O)N2CCC[C@H]2c2cc(NC(=O)OC)ccc2S(=O)(=O)CC)ccc1OC(C)C.O=C(O)C(F)(F)F. The van der Waals surface area contributed by atoms with Gasteiger partial charge in [0.15, 0.2) is 21.3 Å². The number of benzene rings is 3. The van der Waals surface area contributed by atoms with Crippen LogP contribution in [-0.2, 0) is 24.2 Å². The number of likely N-dealkylation sites (tertiary alicyclic amines) is 1. The van der Waals surface area contributed by atoms with E-state index in [1.165, 1.54) is 19.2 Å². The lowest BCUT2D eigenvalue weighted by molar-refractivity contribution is -0.192. The fourth-order valence-electron chi connectivity index (χ4n) is 6.08. The molecule has 2 atom stereocenters. The van der Waals surface area contributed by atoms with Crippen molar-refractivity contribution in [2.45, 2.75) is 69.8 Å². The van der Waals surface area contributed by atoms with Crippen molar-refractivity contribution in [2.75, 3.05) is 42.4 Å². The Hall–Kier alpha value is -5.78. The minimum atomic E-state index is -5.08. The third kappa shape index (κ3) is 10.5. The van der Waals surface area contributed by atoms with E-state index in [0.29, 0.717) is 65.8 Å². The van der Waals surface area contributed by atoms with Crippen molar-refractivity contribution < 1.29 is 55.3 Å². The molecule has 3 aromatic carbocycles. The van der Waals surface area contributed by atoms with E-state index in [1.54, 1.807) is 36.2 Å². The molecule has 1 aliphatic rings. The molecule has 2 amide bonds. The van der Waals surface area contributed by atoms with Crippen LogP contribution >= 0.6 is 0 Å². The summed E-state index contributed by atoms with van der Waals surface area (Å²) in [6.07, 6.45) is -3.06. The molecular formula is C38H44F3N5O9S. The van der Waals surface area contributed by atoms with Crippen molar-refractivity contribution >= 4 is 55.8 Å².